The Hall–Kier alpha value is -1.35. The van der Waals surface area contributed by atoms with Crippen LogP contribution in [0.25, 0.3) is 0 Å². The lowest BCUT2D eigenvalue weighted by molar-refractivity contribution is 0.193. The van der Waals surface area contributed by atoms with Crippen molar-refractivity contribution < 1.29 is 17.2 Å². The summed E-state index contributed by atoms with van der Waals surface area (Å²) in [6.07, 6.45) is 0.937. The van der Waals surface area contributed by atoms with Crippen LogP contribution in [0.4, 0.5) is 8.78 Å². The van der Waals surface area contributed by atoms with Crippen molar-refractivity contribution >= 4 is 21.4 Å². The van der Waals surface area contributed by atoms with Crippen molar-refractivity contribution in [3.05, 3.63) is 51.7 Å². The van der Waals surface area contributed by atoms with Gasteiger partial charge in [0.15, 0.2) is 4.90 Å². The van der Waals surface area contributed by atoms with Crippen LogP contribution >= 0.6 is 11.3 Å². The van der Waals surface area contributed by atoms with Gasteiger partial charge in [0, 0.05) is 30.6 Å². The van der Waals surface area contributed by atoms with Crippen molar-refractivity contribution in [1.82, 2.24) is 9.62 Å². The van der Waals surface area contributed by atoms with Crippen molar-refractivity contribution in [2.75, 3.05) is 13.1 Å². The van der Waals surface area contributed by atoms with Crippen LogP contribution in [0.15, 0.2) is 34.5 Å². The maximum atomic E-state index is 13.7. The molecule has 24 heavy (non-hydrogen) atoms. The van der Waals surface area contributed by atoms with Crippen LogP contribution < -0.4 is 4.72 Å². The number of rotatable bonds is 5. The van der Waals surface area contributed by atoms with E-state index in [1.54, 1.807) is 11.3 Å². The molecule has 1 N–H and O–H groups in total. The van der Waals surface area contributed by atoms with Crippen LogP contribution in [0, 0.1) is 11.6 Å². The van der Waals surface area contributed by atoms with E-state index in [1.807, 2.05) is 6.92 Å². The second-order valence-corrected chi connectivity index (χ2v) is 8.55. The molecule has 1 aromatic heterocycles. The minimum atomic E-state index is -4.23. The second-order valence-electron chi connectivity index (χ2n) is 5.84. The van der Waals surface area contributed by atoms with Crippen molar-refractivity contribution in [2.24, 2.45) is 0 Å². The van der Waals surface area contributed by atoms with Crippen LogP contribution in [0.2, 0.25) is 0 Å². The first-order chi connectivity index (χ1) is 11.4. The fourth-order valence-electron chi connectivity index (χ4n) is 2.82. The highest BCUT2D eigenvalue weighted by atomic mass is 32.2. The van der Waals surface area contributed by atoms with Gasteiger partial charge in [-0.2, -0.15) is 0 Å². The SMILES string of the molecule is CC(CNS(=O)(=O)c1c(F)cccc1F)N1CCc2sccc2C1. The third kappa shape index (κ3) is 3.51. The van der Waals surface area contributed by atoms with Gasteiger partial charge in [0.25, 0.3) is 0 Å². The molecule has 4 nitrogen and oxygen atoms in total. The van der Waals surface area contributed by atoms with Gasteiger partial charge in [-0.1, -0.05) is 6.07 Å². The summed E-state index contributed by atoms with van der Waals surface area (Å²) in [6, 6.07) is 5.01. The zero-order chi connectivity index (χ0) is 17.3. The van der Waals surface area contributed by atoms with Crippen LogP contribution in [0.3, 0.4) is 0 Å². The summed E-state index contributed by atoms with van der Waals surface area (Å²) in [4.78, 5) is 2.61. The topological polar surface area (TPSA) is 49.4 Å². The van der Waals surface area contributed by atoms with Crippen molar-refractivity contribution in [1.29, 1.82) is 0 Å². The Balaban J connectivity index is 1.67. The summed E-state index contributed by atoms with van der Waals surface area (Å²) in [5, 5.41) is 2.06. The number of halogens is 2. The zero-order valence-electron chi connectivity index (χ0n) is 13.1. The standard InChI is InChI=1S/C16H18F2N2O2S2/c1-11(20-7-5-15-12(10-20)6-8-23-15)9-19-24(21,22)16-13(17)3-2-4-14(16)18/h2-4,6,8,11,19H,5,7,9-10H2,1H3. The Morgan fingerprint density at radius 2 is 2.00 bits per heavy atom. The first kappa shape index (κ1) is 17.5. The Kier molecular flexibility index (Phi) is 5.00. The minimum absolute atomic E-state index is 0.0809. The maximum absolute atomic E-state index is 13.7. The summed E-state index contributed by atoms with van der Waals surface area (Å²) in [6.45, 7) is 3.59. The van der Waals surface area contributed by atoms with Gasteiger partial charge in [0.1, 0.15) is 11.6 Å². The average Bonchev–Trinajstić information content (AvgIpc) is 2.99. The number of thiophene rings is 1. The summed E-state index contributed by atoms with van der Waals surface area (Å²) in [7, 11) is -4.23. The number of nitrogens with one attached hydrogen (secondary N) is 1. The molecule has 1 aromatic carbocycles. The molecule has 0 saturated carbocycles. The van der Waals surface area contributed by atoms with Gasteiger partial charge in [-0.25, -0.2) is 21.9 Å². The van der Waals surface area contributed by atoms with E-state index in [-0.39, 0.29) is 12.6 Å². The lowest BCUT2D eigenvalue weighted by Crippen LogP contribution is -2.44. The number of fused-ring (bicyclic) bond motifs is 1. The summed E-state index contributed by atoms with van der Waals surface area (Å²) >= 11 is 1.74. The van der Waals surface area contributed by atoms with E-state index in [0.717, 1.165) is 37.7 Å². The number of sulfonamides is 1. The molecule has 0 radical (unpaired) electrons. The van der Waals surface area contributed by atoms with Gasteiger partial charge in [0.2, 0.25) is 10.0 Å². The first-order valence-electron chi connectivity index (χ1n) is 7.61. The number of hydrogen-bond acceptors (Lipinski definition) is 4. The van der Waals surface area contributed by atoms with E-state index in [2.05, 4.69) is 21.1 Å². The maximum Gasteiger partial charge on any atom is 0.246 e. The van der Waals surface area contributed by atoms with Gasteiger partial charge in [0.05, 0.1) is 0 Å². The van der Waals surface area contributed by atoms with E-state index in [0.29, 0.717) is 0 Å². The Morgan fingerprint density at radius 1 is 1.29 bits per heavy atom. The van der Waals surface area contributed by atoms with E-state index in [1.165, 1.54) is 10.4 Å². The van der Waals surface area contributed by atoms with Gasteiger partial charge in [-0.3, -0.25) is 4.90 Å². The first-order valence-corrected chi connectivity index (χ1v) is 9.98. The highest BCUT2D eigenvalue weighted by Crippen LogP contribution is 2.25. The molecule has 1 unspecified atom stereocenters. The molecule has 130 valence electrons. The van der Waals surface area contributed by atoms with Crippen molar-refractivity contribution in [2.45, 2.75) is 30.8 Å². The molecule has 1 atom stereocenters. The smallest absolute Gasteiger partial charge is 0.246 e. The van der Waals surface area contributed by atoms with Gasteiger partial charge >= 0.3 is 0 Å². The lowest BCUT2D eigenvalue weighted by Gasteiger charge is -2.32. The number of hydrogen-bond donors (Lipinski definition) is 1. The molecule has 8 heteroatoms. The largest absolute Gasteiger partial charge is 0.295 e. The molecular weight excluding hydrogens is 354 g/mol. The predicted octanol–water partition coefficient (Wildman–Crippen LogP) is 2.75. The van der Waals surface area contributed by atoms with Crippen LogP contribution in [0.1, 0.15) is 17.4 Å². The number of nitrogens with zero attached hydrogens (tertiary/aromatic N) is 1. The minimum Gasteiger partial charge on any atom is -0.295 e. The molecule has 2 heterocycles. The quantitative estimate of drug-likeness (QED) is 0.878. The molecule has 0 fully saturated rings. The fourth-order valence-corrected chi connectivity index (χ4v) is 4.96. The molecule has 1 aliphatic rings. The molecular formula is C16H18F2N2O2S2. The molecule has 3 rings (SSSR count). The van der Waals surface area contributed by atoms with Gasteiger partial charge in [-0.15, -0.1) is 11.3 Å². The van der Waals surface area contributed by atoms with Crippen LogP contribution in [-0.4, -0.2) is 32.4 Å². The number of benzene rings is 1. The predicted molar refractivity (Wildman–Crippen MR) is 89.4 cm³/mol. The Morgan fingerprint density at radius 3 is 2.71 bits per heavy atom. The molecule has 0 saturated heterocycles. The second kappa shape index (κ2) is 6.87. The fraction of sp³-hybridized carbons (Fsp3) is 0.375. The molecule has 1 aliphatic heterocycles. The molecule has 0 aliphatic carbocycles. The normalized spacial score (nSPS) is 16.8. The van der Waals surface area contributed by atoms with Crippen LogP contribution in [-0.2, 0) is 23.0 Å². The summed E-state index contributed by atoms with van der Waals surface area (Å²) in [5.41, 5.74) is 1.26. The lowest BCUT2D eigenvalue weighted by atomic mass is 10.1. The van der Waals surface area contributed by atoms with Crippen LogP contribution in [0.5, 0.6) is 0 Å². The highest BCUT2D eigenvalue weighted by Gasteiger charge is 2.26. The van der Waals surface area contributed by atoms with Gasteiger partial charge in [-0.05, 0) is 42.5 Å². The molecule has 0 spiro atoms. The third-order valence-electron chi connectivity index (χ3n) is 4.22. The van der Waals surface area contributed by atoms with Crippen molar-refractivity contribution in [3.63, 3.8) is 0 Å². The van der Waals surface area contributed by atoms with Crippen molar-refractivity contribution in [3.8, 4) is 0 Å². The molecule has 0 amide bonds. The molecule has 2 aromatic rings. The summed E-state index contributed by atoms with van der Waals surface area (Å²) in [5.74, 6) is -2.17. The van der Waals surface area contributed by atoms with E-state index >= 15 is 0 Å². The highest BCUT2D eigenvalue weighted by molar-refractivity contribution is 7.89. The van der Waals surface area contributed by atoms with Gasteiger partial charge < -0.3 is 0 Å². The van der Waals surface area contributed by atoms with E-state index < -0.39 is 26.6 Å². The zero-order valence-corrected chi connectivity index (χ0v) is 14.8. The van der Waals surface area contributed by atoms with E-state index in [9.17, 15) is 17.2 Å². The summed E-state index contributed by atoms with van der Waals surface area (Å²) < 4.78 is 54.1. The average molecular weight is 372 g/mol. The Bertz CT molecular complexity index is 816. The third-order valence-corrected chi connectivity index (χ3v) is 6.71. The monoisotopic (exact) mass is 372 g/mol. The Labute approximate surface area is 144 Å². The van der Waals surface area contributed by atoms with E-state index in [4.69, 9.17) is 0 Å². The molecule has 0 bridgehead atoms.